The van der Waals surface area contributed by atoms with Crippen molar-refractivity contribution in [1.29, 1.82) is 0 Å². The van der Waals surface area contributed by atoms with Gasteiger partial charge < -0.3 is 10.6 Å². The molecule has 2 rings (SSSR count). The largest absolute Gasteiger partial charge is 0.318 e. The average molecular weight is 235 g/mol. The lowest BCUT2D eigenvalue weighted by Gasteiger charge is -2.37. The average Bonchev–Trinajstić information content (AvgIpc) is 2.28. The van der Waals surface area contributed by atoms with Crippen molar-refractivity contribution >= 4 is 17.3 Å². The van der Waals surface area contributed by atoms with E-state index in [9.17, 15) is 14.9 Å². The van der Waals surface area contributed by atoms with Gasteiger partial charge in [-0.3, -0.25) is 14.9 Å². The number of nitro benzene ring substituents is 1. The minimum absolute atomic E-state index is 0.0727. The lowest BCUT2D eigenvalue weighted by atomic mass is 10.0. The normalized spacial score (nSPS) is 19.1. The van der Waals surface area contributed by atoms with Crippen molar-refractivity contribution in [3.8, 4) is 0 Å². The Bertz CT molecular complexity index is 513. The van der Waals surface area contributed by atoms with Crippen molar-refractivity contribution < 1.29 is 9.72 Å². The number of benzene rings is 1. The van der Waals surface area contributed by atoms with Gasteiger partial charge in [0.05, 0.1) is 11.5 Å². The highest BCUT2D eigenvalue weighted by Gasteiger charge is 2.35. The van der Waals surface area contributed by atoms with Gasteiger partial charge in [-0.25, -0.2) is 0 Å². The third-order valence-corrected chi connectivity index (χ3v) is 2.96. The fourth-order valence-corrected chi connectivity index (χ4v) is 1.94. The molecule has 1 fully saturated rings. The molecule has 1 heterocycles. The molecule has 2 N–H and O–H groups in total. The van der Waals surface area contributed by atoms with Gasteiger partial charge in [0.2, 0.25) is 5.91 Å². The van der Waals surface area contributed by atoms with Crippen LogP contribution >= 0.6 is 0 Å². The van der Waals surface area contributed by atoms with Gasteiger partial charge in [0.25, 0.3) is 5.69 Å². The van der Waals surface area contributed by atoms with Gasteiger partial charge >= 0.3 is 0 Å². The van der Waals surface area contributed by atoms with E-state index in [0.717, 1.165) is 0 Å². The highest BCUT2D eigenvalue weighted by molar-refractivity contribution is 6.04. The van der Waals surface area contributed by atoms with Gasteiger partial charge in [-0.05, 0) is 25.5 Å². The van der Waals surface area contributed by atoms with Crippen molar-refractivity contribution in [3.63, 3.8) is 0 Å². The van der Waals surface area contributed by atoms with E-state index < -0.39 is 11.0 Å². The SMILES string of the molecule is Cc1cc([N+](=O)[O-])c(C)cc1N1CC(N)C1=O. The summed E-state index contributed by atoms with van der Waals surface area (Å²) < 4.78 is 0. The number of amides is 1. The quantitative estimate of drug-likeness (QED) is 0.468. The number of nitrogens with two attached hydrogens (primary N) is 1. The molecule has 0 radical (unpaired) electrons. The van der Waals surface area contributed by atoms with Crippen molar-refractivity contribution in [2.24, 2.45) is 5.73 Å². The van der Waals surface area contributed by atoms with Gasteiger partial charge in [-0.2, -0.15) is 0 Å². The first-order chi connectivity index (χ1) is 7.91. The molecule has 1 atom stereocenters. The van der Waals surface area contributed by atoms with E-state index in [1.165, 1.54) is 6.07 Å². The summed E-state index contributed by atoms with van der Waals surface area (Å²) in [6.45, 7) is 3.88. The smallest absolute Gasteiger partial charge is 0.272 e. The van der Waals surface area contributed by atoms with Crippen LogP contribution in [0.3, 0.4) is 0 Å². The summed E-state index contributed by atoms with van der Waals surface area (Å²) in [6, 6.07) is 2.71. The zero-order chi connectivity index (χ0) is 12.7. The van der Waals surface area contributed by atoms with Crippen LogP contribution < -0.4 is 10.6 Å². The number of carbonyl (C=O) groups excluding carboxylic acids is 1. The predicted octanol–water partition coefficient (Wildman–Crippen LogP) is 0.886. The highest BCUT2D eigenvalue weighted by Crippen LogP contribution is 2.31. The second-order valence-electron chi connectivity index (χ2n) is 4.24. The van der Waals surface area contributed by atoms with Crippen LogP contribution in [0, 0.1) is 24.0 Å². The number of nitrogens with zero attached hydrogens (tertiary/aromatic N) is 2. The number of carbonyl (C=O) groups is 1. The lowest BCUT2D eigenvalue weighted by molar-refractivity contribution is -0.385. The van der Waals surface area contributed by atoms with Gasteiger partial charge in [0.15, 0.2) is 0 Å². The zero-order valence-electron chi connectivity index (χ0n) is 9.64. The summed E-state index contributed by atoms with van der Waals surface area (Å²) in [6.07, 6.45) is 0. The molecule has 90 valence electrons. The molecule has 1 amide bonds. The third kappa shape index (κ3) is 1.76. The van der Waals surface area contributed by atoms with Crippen molar-refractivity contribution in [1.82, 2.24) is 0 Å². The Hall–Kier alpha value is -1.95. The summed E-state index contributed by atoms with van der Waals surface area (Å²) in [5, 5.41) is 10.8. The van der Waals surface area contributed by atoms with Gasteiger partial charge in [-0.1, -0.05) is 0 Å². The van der Waals surface area contributed by atoms with Gasteiger partial charge in [-0.15, -0.1) is 0 Å². The fourth-order valence-electron chi connectivity index (χ4n) is 1.94. The number of hydrogen-bond donors (Lipinski definition) is 1. The molecule has 17 heavy (non-hydrogen) atoms. The highest BCUT2D eigenvalue weighted by atomic mass is 16.6. The molecule has 0 saturated carbocycles. The molecule has 1 aromatic rings. The Labute approximate surface area is 98.2 Å². The molecule has 6 nitrogen and oxygen atoms in total. The Morgan fingerprint density at radius 3 is 2.53 bits per heavy atom. The minimum Gasteiger partial charge on any atom is -0.318 e. The maximum atomic E-state index is 11.5. The van der Waals surface area contributed by atoms with E-state index in [4.69, 9.17) is 5.73 Å². The van der Waals surface area contributed by atoms with E-state index in [1.54, 1.807) is 24.8 Å². The topological polar surface area (TPSA) is 89.5 Å². The van der Waals surface area contributed by atoms with Crippen molar-refractivity contribution in [2.75, 3.05) is 11.4 Å². The fraction of sp³-hybridized carbons (Fsp3) is 0.364. The molecular formula is C11H13N3O3. The second kappa shape index (κ2) is 3.81. The molecule has 1 aromatic carbocycles. The van der Waals surface area contributed by atoms with Crippen molar-refractivity contribution in [3.05, 3.63) is 33.4 Å². The van der Waals surface area contributed by atoms with Crippen LogP contribution in [0.25, 0.3) is 0 Å². The van der Waals surface area contributed by atoms with Crippen LogP contribution in [0.2, 0.25) is 0 Å². The summed E-state index contributed by atoms with van der Waals surface area (Å²) in [4.78, 5) is 23.4. The van der Waals surface area contributed by atoms with E-state index in [1.807, 2.05) is 0 Å². The van der Waals surface area contributed by atoms with Crippen molar-refractivity contribution in [2.45, 2.75) is 19.9 Å². The molecule has 6 heteroatoms. The maximum absolute atomic E-state index is 11.5. The summed E-state index contributed by atoms with van der Waals surface area (Å²) in [5.41, 5.74) is 7.55. The van der Waals surface area contributed by atoms with Crippen LogP contribution in [-0.2, 0) is 4.79 Å². The van der Waals surface area contributed by atoms with Crippen LogP contribution in [-0.4, -0.2) is 23.4 Å². The molecule has 1 aliphatic rings. The van der Waals surface area contributed by atoms with Crippen LogP contribution in [0.1, 0.15) is 11.1 Å². The van der Waals surface area contributed by atoms with E-state index in [0.29, 0.717) is 23.4 Å². The van der Waals surface area contributed by atoms with Crippen LogP contribution in [0.15, 0.2) is 12.1 Å². The van der Waals surface area contributed by atoms with Gasteiger partial charge in [0.1, 0.15) is 6.04 Å². The Morgan fingerprint density at radius 2 is 2.06 bits per heavy atom. The second-order valence-corrected chi connectivity index (χ2v) is 4.24. The van der Waals surface area contributed by atoms with Crippen LogP contribution in [0.4, 0.5) is 11.4 Å². The number of β-lactam (4-membered cyclic amide) rings is 1. The van der Waals surface area contributed by atoms with Gasteiger partial charge in [0, 0.05) is 17.3 Å². The number of hydrogen-bond acceptors (Lipinski definition) is 4. The first-order valence-corrected chi connectivity index (χ1v) is 5.24. The summed E-state index contributed by atoms with van der Waals surface area (Å²) >= 11 is 0. The number of rotatable bonds is 2. The number of aryl methyl sites for hydroxylation is 2. The van der Waals surface area contributed by atoms with E-state index in [2.05, 4.69) is 0 Å². The molecule has 0 aliphatic carbocycles. The molecular weight excluding hydrogens is 222 g/mol. The molecule has 0 spiro atoms. The first kappa shape index (κ1) is 11.5. The summed E-state index contributed by atoms with van der Waals surface area (Å²) in [5.74, 6) is -0.138. The van der Waals surface area contributed by atoms with E-state index >= 15 is 0 Å². The molecule has 1 aliphatic heterocycles. The molecule has 1 saturated heterocycles. The monoisotopic (exact) mass is 235 g/mol. The lowest BCUT2D eigenvalue weighted by Crippen LogP contribution is -2.61. The molecule has 0 aromatic heterocycles. The standard InChI is InChI=1S/C11H13N3O3/c1-6-4-10(14(16)17)7(2)3-9(6)13-5-8(12)11(13)15/h3-4,8H,5,12H2,1-2H3. The number of nitro groups is 1. The Balaban J connectivity index is 2.41. The number of anilines is 1. The van der Waals surface area contributed by atoms with E-state index in [-0.39, 0.29) is 11.6 Å². The van der Waals surface area contributed by atoms with Crippen LogP contribution in [0.5, 0.6) is 0 Å². The zero-order valence-corrected chi connectivity index (χ0v) is 9.64. The molecule has 1 unspecified atom stereocenters. The maximum Gasteiger partial charge on any atom is 0.272 e. The predicted molar refractivity (Wildman–Crippen MR) is 62.9 cm³/mol. The first-order valence-electron chi connectivity index (χ1n) is 5.24. The minimum atomic E-state index is -0.440. The molecule has 0 bridgehead atoms. The summed E-state index contributed by atoms with van der Waals surface area (Å²) in [7, 11) is 0. The third-order valence-electron chi connectivity index (χ3n) is 2.96. The Morgan fingerprint density at radius 1 is 1.41 bits per heavy atom. The Kier molecular flexibility index (Phi) is 2.59.